The molecule has 0 saturated heterocycles. The molecule has 0 aliphatic heterocycles. The van der Waals surface area contributed by atoms with E-state index in [1.54, 1.807) is 6.07 Å². The van der Waals surface area contributed by atoms with Gasteiger partial charge >= 0.3 is 0 Å². The Morgan fingerprint density at radius 1 is 1.23 bits per heavy atom. The van der Waals surface area contributed by atoms with Gasteiger partial charge in [-0.25, -0.2) is 8.42 Å². The first-order chi connectivity index (χ1) is 6.02. The molecule has 1 aromatic rings. The number of thiol groups is 1. The molecule has 1 N–H and O–H groups in total. The van der Waals surface area contributed by atoms with Crippen LogP contribution in [0.5, 0.6) is 0 Å². The van der Waals surface area contributed by atoms with Crippen LogP contribution in [0.15, 0.2) is 16.6 Å². The van der Waals surface area contributed by atoms with Crippen LogP contribution in [0.3, 0.4) is 0 Å². The van der Waals surface area contributed by atoms with E-state index in [-0.39, 0.29) is 0 Å². The van der Waals surface area contributed by atoms with Gasteiger partial charge in [0.2, 0.25) is 10.9 Å². The van der Waals surface area contributed by atoms with Crippen molar-refractivity contribution in [1.82, 2.24) is 0 Å². The molecule has 72 valence electrons. The number of halogens is 1. The van der Waals surface area contributed by atoms with Gasteiger partial charge in [0.05, 0.1) is 5.69 Å². The fraction of sp³-hybridized carbons (Fsp3) is 0.250. The largest absolute Gasteiger partial charge is 0.285 e. The highest BCUT2D eigenvalue weighted by molar-refractivity contribution is 9.10. The first kappa shape index (κ1) is 10.5. The van der Waals surface area contributed by atoms with E-state index in [0.717, 1.165) is 15.6 Å². The van der Waals surface area contributed by atoms with Crippen LogP contribution in [-0.4, -0.2) is 8.42 Å². The minimum atomic E-state index is -2.58. The van der Waals surface area contributed by atoms with Crippen molar-refractivity contribution >= 4 is 32.5 Å². The molecule has 0 radical (unpaired) electrons. The van der Waals surface area contributed by atoms with Crippen molar-refractivity contribution in [2.45, 2.75) is 13.8 Å². The summed E-state index contributed by atoms with van der Waals surface area (Å²) in [6.45, 7) is 3.81. The monoisotopic (exact) mass is 263 g/mol. The van der Waals surface area contributed by atoms with E-state index in [9.17, 15) is 8.42 Å². The third-order valence-electron chi connectivity index (χ3n) is 1.93. The molecule has 1 aromatic carbocycles. The van der Waals surface area contributed by atoms with Gasteiger partial charge < -0.3 is 0 Å². The average molecular weight is 264 g/mol. The van der Waals surface area contributed by atoms with E-state index in [1.165, 1.54) is 0 Å². The number of hydrogen-bond acceptors (Lipinski definition) is 2. The van der Waals surface area contributed by atoms with Crippen molar-refractivity contribution < 1.29 is 8.42 Å². The van der Waals surface area contributed by atoms with Crippen molar-refractivity contribution in [3.8, 4) is 0 Å². The van der Waals surface area contributed by atoms with Gasteiger partial charge in [0, 0.05) is 4.47 Å². The quantitative estimate of drug-likeness (QED) is 0.802. The van der Waals surface area contributed by atoms with Crippen LogP contribution in [-0.2, 0) is 10.9 Å². The zero-order chi connectivity index (χ0) is 10.0. The number of benzene rings is 1. The topological polar surface area (TPSA) is 46.2 Å². The Hall–Kier alpha value is -0.550. The highest BCUT2D eigenvalue weighted by atomic mass is 79.9. The fourth-order valence-corrected chi connectivity index (χ4v) is 1.88. The van der Waals surface area contributed by atoms with Crippen molar-refractivity contribution in [3.63, 3.8) is 0 Å². The normalized spacial score (nSPS) is 10.5. The number of anilines is 1. The van der Waals surface area contributed by atoms with Crippen molar-refractivity contribution in [2.75, 3.05) is 4.72 Å². The highest BCUT2D eigenvalue weighted by Crippen LogP contribution is 2.25. The molecule has 0 saturated carbocycles. The Labute approximate surface area is 87.4 Å². The predicted octanol–water partition coefficient (Wildman–Crippen LogP) is 2.00. The van der Waals surface area contributed by atoms with Crippen LogP contribution in [0.4, 0.5) is 5.69 Å². The molecule has 0 aliphatic rings. The van der Waals surface area contributed by atoms with Gasteiger partial charge in [-0.2, -0.15) is 0 Å². The lowest BCUT2D eigenvalue weighted by molar-refractivity contribution is 0.619. The van der Waals surface area contributed by atoms with E-state index < -0.39 is 10.9 Å². The van der Waals surface area contributed by atoms with E-state index in [4.69, 9.17) is 0 Å². The Kier molecular flexibility index (Phi) is 3.33. The Bertz CT molecular complexity index is 393. The molecule has 13 heavy (non-hydrogen) atoms. The van der Waals surface area contributed by atoms with Gasteiger partial charge in [-0.15, -0.1) is 0 Å². The van der Waals surface area contributed by atoms with Crippen LogP contribution in [0.2, 0.25) is 0 Å². The smallest absolute Gasteiger partial charge is 0.222 e. The molecule has 0 bridgehead atoms. The summed E-state index contributed by atoms with van der Waals surface area (Å²) in [5.41, 5.74) is 2.62. The minimum absolute atomic E-state index is 0.636. The molecule has 5 heteroatoms. The summed E-state index contributed by atoms with van der Waals surface area (Å²) in [5, 5.41) is 0. The highest BCUT2D eigenvalue weighted by Gasteiger charge is 2.03. The molecule has 0 amide bonds. The summed E-state index contributed by atoms with van der Waals surface area (Å²) < 4.78 is 24.2. The van der Waals surface area contributed by atoms with E-state index >= 15 is 0 Å². The maximum Gasteiger partial charge on any atom is 0.222 e. The van der Waals surface area contributed by atoms with Crippen molar-refractivity contribution in [3.05, 3.63) is 27.7 Å². The van der Waals surface area contributed by atoms with E-state index in [2.05, 4.69) is 20.7 Å². The summed E-state index contributed by atoms with van der Waals surface area (Å²) in [7, 11) is -2.58. The SMILES string of the molecule is Cc1c(Br)ccc(N[SH](=O)=O)c1C. The third kappa shape index (κ3) is 2.45. The molecule has 3 nitrogen and oxygen atoms in total. The third-order valence-corrected chi connectivity index (χ3v) is 3.22. The Morgan fingerprint density at radius 3 is 2.38 bits per heavy atom. The molecule has 0 unspecified atom stereocenters. The standard InChI is InChI=1S/C8H10BrNO2S/c1-5-6(2)8(10-13(11)12)4-3-7(5)9/h3-4,13H,1-2H3,(H,10,11,12). The van der Waals surface area contributed by atoms with Crippen LogP contribution in [0.1, 0.15) is 11.1 Å². The molecular weight excluding hydrogens is 254 g/mol. The lowest BCUT2D eigenvalue weighted by Gasteiger charge is -2.08. The summed E-state index contributed by atoms with van der Waals surface area (Å²) in [5.74, 6) is 0. The fourth-order valence-electron chi connectivity index (χ4n) is 1.01. The van der Waals surface area contributed by atoms with Crippen LogP contribution in [0, 0.1) is 13.8 Å². The predicted molar refractivity (Wildman–Crippen MR) is 57.6 cm³/mol. The van der Waals surface area contributed by atoms with Gasteiger partial charge in [-0.05, 0) is 37.1 Å². The van der Waals surface area contributed by atoms with Crippen molar-refractivity contribution in [1.29, 1.82) is 0 Å². The van der Waals surface area contributed by atoms with Gasteiger partial charge in [0.1, 0.15) is 0 Å². The number of rotatable bonds is 2. The molecule has 0 spiro atoms. The summed E-state index contributed by atoms with van der Waals surface area (Å²) >= 11 is 3.37. The van der Waals surface area contributed by atoms with Crippen LogP contribution >= 0.6 is 15.9 Å². The summed E-state index contributed by atoms with van der Waals surface area (Å²) in [6.07, 6.45) is 0. The second kappa shape index (κ2) is 4.11. The number of nitrogens with one attached hydrogen (secondary N) is 1. The lowest BCUT2D eigenvalue weighted by atomic mass is 10.1. The Morgan fingerprint density at radius 2 is 1.85 bits per heavy atom. The van der Waals surface area contributed by atoms with E-state index in [1.807, 2.05) is 19.9 Å². The zero-order valence-corrected chi connectivity index (χ0v) is 9.78. The molecule has 1 rings (SSSR count). The van der Waals surface area contributed by atoms with Gasteiger partial charge in [0.25, 0.3) is 0 Å². The number of hydrogen-bond donors (Lipinski definition) is 2. The molecule has 0 heterocycles. The van der Waals surface area contributed by atoms with E-state index in [0.29, 0.717) is 5.69 Å². The molecule has 0 atom stereocenters. The average Bonchev–Trinajstić information content (AvgIpc) is 2.06. The Balaban J connectivity index is 3.18. The molecular formula is C8H10BrNO2S. The van der Waals surface area contributed by atoms with Gasteiger partial charge in [0.15, 0.2) is 0 Å². The van der Waals surface area contributed by atoms with Gasteiger partial charge in [-0.3, -0.25) is 4.72 Å². The van der Waals surface area contributed by atoms with Crippen LogP contribution in [0.25, 0.3) is 0 Å². The zero-order valence-electron chi connectivity index (χ0n) is 7.30. The lowest BCUT2D eigenvalue weighted by Crippen LogP contribution is -1.98. The maximum absolute atomic E-state index is 10.4. The molecule has 0 aromatic heterocycles. The second-order valence-electron chi connectivity index (χ2n) is 2.71. The summed E-state index contributed by atoms with van der Waals surface area (Å²) in [6, 6.07) is 3.56. The second-order valence-corrected chi connectivity index (χ2v) is 4.31. The van der Waals surface area contributed by atoms with Crippen LogP contribution < -0.4 is 4.72 Å². The maximum atomic E-state index is 10.4. The summed E-state index contributed by atoms with van der Waals surface area (Å²) in [4.78, 5) is 0. The first-order valence-corrected chi connectivity index (χ1v) is 5.66. The molecule has 0 aliphatic carbocycles. The van der Waals surface area contributed by atoms with Gasteiger partial charge in [-0.1, -0.05) is 15.9 Å². The minimum Gasteiger partial charge on any atom is -0.285 e. The van der Waals surface area contributed by atoms with Crippen molar-refractivity contribution in [2.24, 2.45) is 0 Å². The molecule has 0 fully saturated rings. The first-order valence-electron chi connectivity index (χ1n) is 3.69.